The van der Waals surface area contributed by atoms with Gasteiger partial charge in [-0.15, -0.1) is 6.58 Å². The van der Waals surface area contributed by atoms with Gasteiger partial charge in [0.25, 0.3) is 0 Å². The molecule has 0 fully saturated rings. The van der Waals surface area contributed by atoms with E-state index in [0.29, 0.717) is 0 Å². The number of nitrogens with zero attached hydrogens (tertiary/aromatic N) is 3. The maximum absolute atomic E-state index is 4.34. The van der Waals surface area contributed by atoms with Crippen LogP contribution in [0.3, 0.4) is 0 Å². The monoisotopic (exact) mass is 253 g/mol. The predicted octanol–water partition coefficient (Wildman–Crippen LogP) is 1.43. The fraction of sp³-hybridized carbons (Fsp3) is 0.300. The lowest BCUT2D eigenvalue weighted by atomic mass is 10.2. The van der Waals surface area contributed by atoms with E-state index in [2.05, 4.69) is 31.4 Å². The van der Waals surface area contributed by atoms with Crippen LogP contribution in [-0.4, -0.2) is 39.0 Å². The average Bonchev–Trinajstić information content (AvgIpc) is 2.74. The first-order chi connectivity index (χ1) is 7.81. The molecule has 6 heteroatoms. The van der Waals surface area contributed by atoms with E-state index in [-0.39, 0.29) is 0 Å². The van der Waals surface area contributed by atoms with E-state index in [1.54, 1.807) is 11.8 Å². The van der Waals surface area contributed by atoms with Crippen molar-refractivity contribution in [1.29, 1.82) is 0 Å². The predicted molar refractivity (Wildman–Crippen MR) is 69.1 cm³/mol. The molecule has 0 bridgehead atoms. The van der Waals surface area contributed by atoms with Crippen LogP contribution in [0.25, 0.3) is 5.57 Å². The molecule has 0 unspecified atom stereocenters. The molecule has 1 aromatic heterocycles. The number of aromatic nitrogens is 2. The highest BCUT2D eigenvalue weighted by atomic mass is 32.2. The number of hydrogen-bond donors (Lipinski definition) is 1. The Labute approximate surface area is 103 Å². The van der Waals surface area contributed by atoms with Gasteiger partial charge in [0.15, 0.2) is 6.21 Å². The molecule has 84 valence electrons. The molecule has 0 aromatic carbocycles. The van der Waals surface area contributed by atoms with E-state index in [4.69, 9.17) is 0 Å². The zero-order chi connectivity index (χ0) is 11.4. The van der Waals surface area contributed by atoms with Gasteiger partial charge in [-0.05, 0) is 0 Å². The summed E-state index contributed by atoms with van der Waals surface area (Å²) in [7, 11) is 2.02. The van der Waals surface area contributed by atoms with Gasteiger partial charge >= 0.3 is 0 Å². The van der Waals surface area contributed by atoms with E-state index >= 15 is 0 Å². The minimum absolute atomic E-state index is 0.830. The Morgan fingerprint density at radius 3 is 3.31 bits per heavy atom. The van der Waals surface area contributed by atoms with Crippen molar-refractivity contribution in [3.05, 3.63) is 24.5 Å². The topological polar surface area (TPSA) is 40.8 Å². The zero-order valence-corrected chi connectivity index (χ0v) is 10.6. The van der Waals surface area contributed by atoms with Gasteiger partial charge in [-0.3, -0.25) is 0 Å². The van der Waals surface area contributed by atoms with E-state index in [1.165, 1.54) is 11.7 Å². The number of thioether (sulfide) groups is 1. The quantitative estimate of drug-likeness (QED) is 0.501. The minimum Gasteiger partial charge on any atom is -0.336 e. The Morgan fingerprint density at radius 1 is 1.69 bits per heavy atom. The van der Waals surface area contributed by atoms with Gasteiger partial charge in [0, 0.05) is 12.0 Å². The largest absolute Gasteiger partial charge is 0.336 e. The van der Waals surface area contributed by atoms with Crippen LogP contribution in [-0.2, 0) is 0 Å². The maximum Gasteiger partial charge on any atom is 0.215 e. The van der Waals surface area contributed by atoms with Crippen LogP contribution in [0.4, 0.5) is 0 Å². The zero-order valence-electron chi connectivity index (χ0n) is 9.01. The second-order valence-electron chi connectivity index (χ2n) is 3.37. The minimum atomic E-state index is 0.830. The van der Waals surface area contributed by atoms with Crippen LogP contribution in [0, 0.1) is 0 Å². The van der Waals surface area contributed by atoms with Crippen molar-refractivity contribution in [2.45, 2.75) is 5.03 Å². The summed E-state index contributed by atoms with van der Waals surface area (Å²) < 4.78 is 10.7. The Bertz CT molecular complexity index is 447. The summed E-state index contributed by atoms with van der Waals surface area (Å²) in [5.41, 5.74) is 2.03. The Balaban J connectivity index is 2.23. The van der Waals surface area contributed by atoms with Crippen LogP contribution in [0.2, 0.25) is 0 Å². The fourth-order valence-corrected chi connectivity index (χ4v) is 2.76. The van der Waals surface area contributed by atoms with Crippen LogP contribution < -0.4 is 5.32 Å². The van der Waals surface area contributed by atoms with Gasteiger partial charge in [0.05, 0.1) is 17.3 Å². The van der Waals surface area contributed by atoms with E-state index in [0.717, 1.165) is 28.7 Å². The van der Waals surface area contributed by atoms with E-state index in [9.17, 15) is 0 Å². The number of hydrogen-bond acceptors (Lipinski definition) is 5. The van der Waals surface area contributed by atoms with Crippen molar-refractivity contribution in [2.24, 2.45) is 0 Å². The lowest BCUT2D eigenvalue weighted by Crippen LogP contribution is -2.25. The smallest absolute Gasteiger partial charge is 0.215 e. The molecule has 0 atom stereocenters. The van der Waals surface area contributed by atoms with Gasteiger partial charge < -0.3 is 5.32 Å². The van der Waals surface area contributed by atoms with Gasteiger partial charge in [-0.25, -0.2) is 4.58 Å². The summed E-state index contributed by atoms with van der Waals surface area (Å²) in [4.78, 5) is 0. The normalized spacial score (nSPS) is 15.1. The Kier molecular flexibility index (Phi) is 3.74. The second-order valence-corrected chi connectivity index (χ2v) is 4.90. The van der Waals surface area contributed by atoms with Crippen LogP contribution >= 0.6 is 23.5 Å². The van der Waals surface area contributed by atoms with Gasteiger partial charge in [-0.1, -0.05) is 17.8 Å². The summed E-state index contributed by atoms with van der Waals surface area (Å²) >= 11 is 2.91. The molecule has 0 radical (unpaired) electrons. The highest BCUT2D eigenvalue weighted by Gasteiger charge is 2.16. The molecule has 0 spiro atoms. The van der Waals surface area contributed by atoms with Crippen LogP contribution in [0.5, 0.6) is 0 Å². The Morgan fingerprint density at radius 2 is 2.56 bits per heavy atom. The van der Waals surface area contributed by atoms with E-state index < -0.39 is 0 Å². The summed E-state index contributed by atoms with van der Waals surface area (Å²) in [6, 6.07) is 0. The third kappa shape index (κ3) is 2.51. The SMILES string of the molecule is C=CCSc1nsnc1C1=CNC[N+](C)=C1. The average molecular weight is 253 g/mol. The lowest BCUT2D eigenvalue weighted by Gasteiger charge is -2.07. The van der Waals surface area contributed by atoms with Crippen molar-refractivity contribution >= 4 is 35.3 Å². The van der Waals surface area contributed by atoms with Crippen molar-refractivity contribution in [3.8, 4) is 0 Å². The summed E-state index contributed by atoms with van der Waals surface area (Å²) in [5.74, 6) is 0.856. The lowest BCUT2D eigenvalue weighted by molar-refractivity contribution is -0.496. The van der Waals surface area contributed by atoms with Gasteiger partial charge in [0.2, 0.25) is 6.67 Å². The highest BCUT2D eigenvalue weighted by molar-refractivity contribution is 7.99. The molecule has 1 aromatic rings. The standard InChI is InChI=1S/C10H12N4S2/c1-3-4-15-10-9(12-16-13-10)8-5-11-7-14(2)6-8/h3,5-6H,1,4,7H2,2H3/p+1. The molecule has 1 aliphatic heterocycles. The molecule has 4 nitrogen and oxygen atoms in total. The van der Waals surface area contributed by atoms with Crippen molar-refractivity contribution in [2.75, 3.05) is 19.5 Å². The molecular weight excluding hydrogens is 240 g/mol. The Hall–Kier alpha value is -1.14. The fourth-order valence-electron chi connectivity index (χ4n) is 1.34. The third-order valence-corrected chi connectivity index (χ3v) is 3.63. The third-order valence-electron chi connectivity index (χ3n) is 2.03. The molecule has 1 aliphatic rings. The molecule has 0 amide bonds. The molecule has 0 saturated heterocycles. The van der Waals surface area contributed by atoms with Crippen LogP contribution in [0.1, 0.15) is 5.69 Å². The first-order valence-corrected chi connectivity index (χ1v) is 6.58. The molecular formula is C10H13N4S2+. The second kappa shape index (κ2) is 5.27. The van der Waals surface area contributed by atoms with E-state index in [1.807, 2.05) is 19.3 Å². The summed E-state index contributed by atoms with van der Waals surface area (Å²) in [6.45, 7) is 4.54. The first-order valence-electron chi connectivity index (χ1n) is 4.86. The first kappa shape index (κ1) is 11.3. The molecule has 2 rings (SSSR count). The number of allylic oxidation sites excluding steroid dienone is 1. The van der Waals surface area contributed by atoms with Crippen molar-refractivity contribution in [1.82, 2.24) is 14.1 Å². The van der Waals surface area contributed by atoms with Crippen LogP contribution in [0.15, 0.2) is 23.9 Å². The summed E-state index contributed by atoms with van der Waals surface area (Å²) in [5, 5.41) is 4.17. The number of nitrogens with one attached hydrogen (secondary N) is 1. The molecule has 2 heterocycles. The maximum atomic E-state index is 4.34. The highest BCUT2D eigenvalue weighted by Crippen LogP contribution is 2.25. The molecule has 0 aliphatic carbocycles. The number of rotatable bonds is 4. The summed E-state index contributed by atoms with van der Waals surface area (Å²) in [6.07, 6.45) is 5.93. The van der Waals surface area contributed by atoms with Gasteiger partial charge in [0.1, 0.15) is 17.8 Å². The molecule has 0 saturated carbocycles. The van der Waals surface area contributed by atoms with Gasteiger partial charge in [-0.2, -0.15) is 8.75 Å². The van der Waals surface area contributed by atoms with Crippen molar-refractivity contribution in [3.63, 3.8) is 0 Å². The molecule has 16 heavy (non-hydrogen) atoms. The molecule has 1 N–H and O–H groups in total. The van der Waals surface area contributed by atoms with Crippen molar-refractivity contribution < 1.29 is 4.58 Å².